The fraction of sp³-hybridized carbons (Fsp3) is 0.417. The minimum atomic E-state index is -3.40. The third-order valence-electron chi connectivity index (χ3n) is 5.84. The van der Waals surface area contributed by atoms with Crippen molar-refractivity contribution in [3.63, 3.8) is 0 Å². The van der Waals surface area contributed by atoms with Crippen LogP contribution in [-0.4, -0.2) is 76.1 Å². The average molecular weight is 551 g/mol. The number of carbonyl (C=O) groups is 2. The van der Waals surface area contributed by atoms with Crippen LogP contribution in [0.25, 0.3) is 0 Å². The van der Waals surface area contributed by atoms with E-state index in [2.05, 4.69) is 20.1 Å². The van der Waals surface area contributed by atoms with Gasteiger partial charge in [0.25, 0.3) is 5.91 Å². The summed E-state index contributed by atoms with van der Waals surface area (Å²) < 4.78 is 39.1. The highest BCUT2D eigenvalue weighted by molar-refractivity contribution is 7.97. The molecular formula is C24H30N4O7S2. The van der Waals surface area contributed by atoms with Gasteiger partial charge in [-0.2, -0.15) is 0 Å². The van der Waals surface area contributed by atoms with Gasteiger partial charge in [-0.05, 0) is 48.0 Å². The average Bonchev–Trinajstić information content (AvgIpc) is 2.88. The van der Waals surface area contributed by atoms with Crippen LogP contribution < -0.4 is 29.6 Å². The van der Waals surface area contributed by atoms with E-state index in [0.717, 1.165) is 22.3 Å². The maximum Gasteiger partial charge on any atom is 0.251 e. The number of carbonyl (C=O) groups excluding carboxylic acids is 2. The number of benzene rings is 2. The molecule has 2 aromatic carbocycles. The van der Waals surface area contributed by atoms with Crippen molar-refractivity contribution < 1.29 is 32.6 Å². The summed E-state index contributed by atoms with van der Waals surface area (Å²) in [4.78, 5) is 26.8. The van der Waals surface area contributed by atoms with E-state index in [1.54, 1.807) is 0 Å². The van der Waals surface area contributed by atoms with Gasteiger partial charge in [-0.15, -0.1) is 0 Å². The molecule has 0 bridgehead atoms. The molecule has 13 heteroatoms. The number of hydrogen-bond acceptors (Lipinski definition) is 9. The zero-order chi connectivity index (χ0) is 26.4. The molecule has 2 aliphatic heterocycles. The summed E-state index contributed by atoms with van der Waals surface area (Å²) in [6.07, 6.45) is 0.0735. The lowest BCUT2D eigenvalue weighted by molar-refractivity contribution is -0.132. The second kappa shape index (κ2) is 12.1. The normalized spacial score (nSPS) is 18.3. The molecule has 2 heterocycles. The fourth-order valence-corrected chi connectivity index (χ4v) is 5.38. The summed E-state index contributed by atoms with van der Waals surface area (Å²) in [5, 5.41) is 16.1. The molecule has 0 fully saturated rings. The lowest BCUT2D eigenvalue weighted by Crippen LogP contribution is -2.56. The molecule has 2 aliphatic rings. The molecule has 0 radical (unpaired) electrons. The van der Waals surface area contributed by atoms with E-state index >= 15 is 0 Å². The molecule has 0 aromatic heterocycles. The van der Waals surface area contributed by atoms with Crippen molar-refractivity contribution in [1.82, 2.24) is 20.1 Å². The number of ether oxygens (including phenoxy) is 2. The van der Waals surface area contributed by atoms with Crippen LogP contribution in [0.5, 0.6) is 11.5 Å². The summed E-state index contributed by atoms with van der Waals surface area (Å²) >= 11 is 1.32. The van der Waals surface area contributed by atoms with E-state index in [9.17, 15) is 23.1 Å². The van der Waals surface area contributed by atoms with Gasteiger partial charge in [0.05, 0.1) is 12.3 Å². The summed E-state index contributed by atoms with van der Waals surface area (Å²) in [6, 6.07) is 11.5. The van der Waals surface area contributed by atoms with Crippen molar-refractivity contribution >= 4 is 33.8 Å². The summed E-state index contributed by atoms with van der Waals surface area (Å²) in [5.41, 5.74) is 1.77. The molecule has 200 valence electrons. The monoisotopic (exact) mass is 550 g/mol. The van der Waals surface area contributed by atoms with Gasteiger partial charge in [0.2, 0.25) is 15.9 Å². The Balaban J connectivity index is 1.42. The number of rotatable bonds is 10. The Kier molecular flexibility index (Phi) is 8.92. The fourth-order valence-electron chi connectivity index (χ4n) is 4.01. The molecule has 2 aromatic rings. The predicted octanol–water partition coefficient (Wildman–Crippen LogP) is -0.267. The van der Waals surface area contributed by atoms with Gasteiger partial charge in [-0.1, -0.05) is 30.3 Å². The lowest BCUT2D eigenvalue weighted by Gasteiger charge is -2.30. The minimum absolute atomic E-state index is 0.0112. The minimum Gasteiger partial charge on any atom is -0.486 e. The molecule has 3 atom stereocenters. The van der Waals surface area contributed by atoms with E-state index in [4.69, 9.17) is 9.47 Å². The number of sulfonamides is 1. The predicted molar refractivity (Wildman–Crippen MR) is 138 cm³/mol. The number of aliphatic hydroxyl groups excluding tert-OH is 1. The molecule has 0 aliphatic carbocycles. The number of hydrogen-bond donors (Lipinski definition) is 5. The Morgan fingerprint density at radius 1 is 1.14 bits per heavy atom. The molecule has 4 rings (SSSR count). The summed E-state index contributed by atoms with van der Waals surface area (Å²) in [6.45, 7) is 0.922. The number of nitrogens with one attached hydrogen (secondary N) is 4. The quantitative estimate of drug-likeness (QED) is 0.199. The van der Waals surface area contributed by atoms with Gasteiger partial charge < -0.3 is 25.2 Å². The first-order valence-corrected chi connectivity index (χ1v) is 14.5. The van der Waals surface area contributed by atoms with E-state index in [0.29, 0.717) is 31.1 Å². The standard InChI is InChI=1S/C24H30N4O7S2/c1-37(32,33)26-8-7-25-24(31)22(29)17(11-15-5-3-2-4-6-15)27-23(30)18-12-16-13-19-20(35-10-9-34-19)14-21(16)36-28-18/h2-6,13-14,17-18,22,26,28-29H,7-12H2,1H3,(H,25,31)(H,27,30)/t17-,18-,22+/m0/s1. The summed E-state index contributed by atoms with van der Waals surface area (Å²) in [5.74, 6) is 0.244. The molecule has 0 spiro atoms. The first-order valence-electron chi connectivity index (χ1n) is 11.8. The first kappa shape index (κ1) is 27.2. The molecule has 37 heavy (non-hydrogen) atoms. The third-order valence-corrected chi connectivity index (χ3v) is 7.57. The molecule has 0 saturated heterocycles. The smallest absolute Gasteiger partial charge is 0.251 e. The molecule has 0 unspecified atom stereocenters. The maximum absolute atomic E-state index is 13.2. The molecule has 2 amide bonds. The van der Waals surface area contributed by atoms with Crippen molar-refractivity contribution in [1.29, 1.82) is 0 Å². The highest BCUT2D eigenvalue weighted by Crippen LogP contribution is 2.39. The first-order chi connectivity index (χ1) is 17.7. The molecular weight excluding hydrogens is 520 g/mol. The van der Waals surface area contributed by atoms with Crippen LogP contribution in [0.1, 0.15) is 11.1 Å². The highest BCUT2D eigenvalue weighted by Gasteiger charge is 2.32. The van der Waals surface area contributed by atoms with Crippen LogP contribution in [0.2, 0.25) is 0 Å². The third kappa shape index (κ3) is 7.58. The lowest BCUT2D eigenvalue weighted by atomic mass is 9.99. The highest BCUT2D eigenvalue weighted by atomic mass is 32.2. The second-order valence-corrected chi connectivity index (χ2v) is 11.5. The number of amides is 2. The van der Waals surface area contributed by atoms with Crippen LogP contribution in [0.15, 0.2) is 47.4 Å². The zero-order valence-corrected chi connectivity index (χ0v) is 21.9. The van der Waals surface area contributed by atoms with E-state index in [1.165, 1.54) is 11.9 Å². The molecule has 0 saturated carbocycles. The molecule has 11 nitrogen and oxygen atoms in total. The Hall–Kier alpha value is -2.84. The Morgan fingerprint density at radius 3 is 2.54 bits per heavy atom. The van der Waals surface area contributed by atoms with Crippen LogP contribution in [0.3, 0.4) is 0 Å². The Labute approximate surface area is 219 Å². The Morgan fingerprint density at radius 2 is 1.84 bits per heavy atom. The second-order valence-electron chi connectivity index (χ2n) is 8.79. The zero-order valence-electron chi connectivity index (χ0n) is 20.2. The number of fused-ring (bicyclic) bond motifs is 2. The van der Waals surface area contributed by atoms with Gasteiger partial charge in [-0.25, -0.2) is 17.9 Å². The van der Waals surface area contributed by atoms with Gasteiger partial charge >= 0.3 is 0 Å². The molecule has 5 N–H and O–H groups in total. The van der Waals surface area contributed by atoms with Gasteiger partial charge in [0, 0.05) is 18.0 Å². The largest absolute Gasteiger partial charge is 0.486 e. The van der Waals surface area contributed by atoms with Crippen molar-refractivity contribution in [3.05, 3.63) is 53.6 Å². The topological polar surface area (TPSA) is 155 Å². The SMILES string of the molecule is CS(=O)(=O)NCCNC(=O)[C@H](O)[C@H](Cc1ccccc1)NC(=O)[C@@H]1Cc2cc3c(cc2SN1)OCCO3. The van der Waals surface area contributed by atoms with Crippen LogP contribution >= 0.6 is 11.9 Å². The van der Waals surface area contributed by atoms with Crippen molar-refractivity contribution in [3.8, 4) is 11.5 Å². The van der Waals surface area contributed by atoms with Crippen molar-refractivity contribution in [2.24, 2.45) is 0 Å². The van der Waals surface area contributed by atoms with Crippen LogP contribution in [-0.2, 0) is 32.5 Å². The summed E-state index contributed by atoms with van der Waals surface area (Å²) in [7, 11) is -3.40. The van der Waals surface area contributed by atoms with Crippen molar-refractivity contribution in [2.45, 2.75) is 35.9 Å². The van der Waals surface area contributed by atoms with Crippen LogP contribution in [0, 0.1) is 0 Å². The van der Waals surface area contributed by atoms with E-state index < -0.39 is 34.1 Å². The van der Waals surface area contributed by atoms with Gasteiger partial charge in [-0.3, -0.25) is 9.59 Å². The number of aliphatic hydroxyl groups is 1. The van der Waals surface area contributed by atoms with E-state index in [1.807, 2.05) is 42.5 Å². The van der Waals surface area contributed by atoms with E-state index in [-0.39, 0.29) is 25.4 Å². The maximum atomic E-state index is 13.2. The van der Waals surface area contributed by atoms with Crippen LogP contribution in [0.4, 0.5) is 0 Å². The Bertz CT molecular complexity index is 1230. The van der Waals surface area contributed by atoms with Crippen molar-refractivity contribution in [2.75, 3.05) is 32.6 Å². The van der Waals surface area contributed by atoms with Gasteiger partial charge in [0.15, 0.2) is 17.6 Å². The van der Waals surface area contributed by atoms with Gasteiger partial charge in [0.1, 0.15) is 19.3 Å².